The molecule has 0 bridgehead atoms. The summed E-state index contributed by atoms with van der Waals surface area (Å²) in [4.78, 5) is 0. The van der Waals surface area contributed by atoms with Crippen molar-refractivity contribution >= 4 is 0 Å². The molecule has 1 aromatic carbocycles. The van der Waals surface area contributed by atoms with E-state index in [4.69, 9.17) is 0 Å². The lowest BCUT2D eigenvalue weighted by Gasteiger charge is -2.22. The van der Waals surface area contributed by atoms with E-state index in [1.165, 1.54) is 11.1 Å². The van der Waals surface area contributed by atoms with Crippen LogP contribution in [0.5, 0.6) is 0 Å². The Balaban J connectivity index is 2.81. The normalized spacial score (nSPS) is 12.1. The predicted molar refractivity (Wildman–Crippen MR) is 65.1 cm³/mol. The molecule has 0 heterocycles. The van der Waals surface area contributed by atoms with Crippen LogP contribution in [-0.4, -0.2) is 11.7 Å². The minimum absolute atomic E-state index is 0.129. The van der Waals surface area contributed by atoms with Gasteiger partial charge in [0.2, 0.25) is 0 Å². The minimum Gasteiger partial charge on any atom is -0.395 e. The Morgan fingerprint density at radius 1 is 1.13 bits per heavy atom. The Hall–Kier alpha value is -0.820. The first-order valence-electron chi connectivity index (χ1n) is 5.66. The van der Waals surface area contributed by atoms with Gasteiger partial charge in [0, 0.05) is 5.41 Å². The first-order chi connectivity index (χ1) is 6.95. The van der Waals surface area contributed by atoms with Crippen LogP contribution >= 0.6 is 0 Å². The molecule has 0 aliphatic carbocycles. The Morgan fingerprint density at radius 2 is 1.67 bits per heavy atom. The van der Waals surface area contributed by atoms with Gasteiger partial charge in [-0.25, -0.2) is 0 Å². The first kappa shape index (κ1) is 12.3. The van der Waals surface area contributed by atoms with Crippen LogP contribution in [0.1, 0.15) is 38.8 Å². The molecule has 0 atom stereocenters. The molecule has 0 aliphatic heterocycles. The maximum Gasteiger partial charge on any atom is 0.0522 e. The quantitative estimate of drug-likeness (QED) is 0.802. The summed E-state index contributed by atoms with van der Waals surface area (Å²) >= 11 is 0. The standard InChI is InChI=1S/C14H22O/c1-11(2)9-12-5-7-13(8-6-12)14(3,4)10-15/h5-8,11,15H,9-10H2,1-4H3. The number of benzene rings is 1. The summed E-state index contributed by atoms with van der Waals surface area (Å²) in [5.74, 6) is 0.696. The molecule has 1 aromatic rings. The summed E-state index contributed by atoms with van der Waals surface area (Å²) in [7, 11) is 0. The van der Waals surface area contributed by atoms with Gasteiger partial charge in [-0.3, -0.25) is 0 Å². The highest BCUT2D eigenvalue weighted by molar-refractivity contribution is 5.28. The van der Waals surface area contributed by atoms with Crippen molar-refractivity contribution in [3.05, 3.63) is 35.4 Å². The highest BCUT2D eigenvalue weighted by Gasteiger charge is 2.18. The fourth-order valence-electron chi connectivity index (χ4n) is 1.65. The van der Waals surface area contributed by atoms with E-state index >= 15 is 0 Å². The Kier molecular flexibility index (Phi) is 3.92. The highest BCUT2D eigenvalue weighted by Crippen LogP contribution is 2.23. The smallest absolute Gasteiger partial charge is 0.0522 e. The van der Waals surface area contributed by atoms with Crippen LogP contribution in [0.2, 0.25) is 0 Å². The number of aliphatic hydroxyl groups is 1. The van der Waals surface area contributed by atoms with Gasteiger partial charge in [0.25, 0.3) is 0 Å². The number of hydrogen-bond acceptors (Lipinski definition) is 1. The fraction of sp³-hybridized carbons (Fsp3) is 0.571. The second-order valence-electron chi connectivity index (χ2n) is 5.34. The van der Waals surface area contributed by atoms with Gasteiger partial charge in [0.1, 0.15) is 0 Å². The van der Waals surface area contributed by atoms with E-state index in [9.17, 15) is 5.11 Å². The molecule has 0 spiro atoms. The third kappa shape index (κ3) is 3.35. The molecule has 1 nitrogen and oxygen atoms in total. The second-order valence-corrected chi connectivity index (χ2v) is 5.34. The van der Waals surface area contributed by atoms with E-state index in [1.807, 2.05) is 0 Å². The van der Waals surface area contributed by atoms with Crippen LogP contribution in [0.4, 0.5) is 0 Å². The van der Waals surface area contributed by atoms with Gasteiger partial charge in [-0.1, -0.05) is 52.0 Å². The summed E-state index contributed by atoms with van der Waals surface area (Å²) in [5.41, 5.74) is 2.45. The number of rotatable bonds is 4. The minimum atomic E-state index is -0.129. The van der Waals surface area contributed by atoms with Crippen molar-refractivity contribution < 1.29 is 5.11 Å². The Labute approximate surface area is 93.1 Å². The molecule has 0 aliphatic rings. The van der Waals surface area contributed by atoms with Gasteiger partial charge < -0.3 is 5.11 Å². The number of aliphatic hydroxyl groups excluding tert-OH is 1. The summed E-state index contributed by atoms with van der Waals surface area (Å²) in [6.07, 6.45) is 1.12. The lowest BCUT2D eigenvalue weighted by atomic mass is 9.85. The van der Waals surface area contributed by atoms with Crippen molar-refractivity contribution in [2.75, 3.05) is 6.61 Å². The van der Waals surface area contributed by atoms with Gasteiger partial charge in [0.05, 0.1) is 6.61 Å². The predicted octanol–water partition coefficient (Wildman–Crippen LogP) is 3.16. The van der Waals surface area contributed by atoms with Crippen molar-refractivity contribution in [1.82, 2.24) is 0 Å². The first-order valence-corrected chi connectivity index (χ1v) is 5.66. The molecule has 0 aromatic heterocycles. The van der Waals surface area contributed by atoms with Gasteiger partial charge in [-0.2, -0.15) is 0 Å². The van der Waals surface area contributed by atoms with Crippen molar-refractivity contribution in [2.24, 2.45) is 5.92 Å². The summed E-state index contributed by atoms with van der Waals surface area (Å²) < 4.78 is 0. The zero-order valence-electron chi connectivity index (χ0n) is 10.2. The molecular formula is C14H22O. The molecule has 0 saturated heterocycles. The molecule has 0 saturated carbocycles. The van der Waals surface area contributed by atoms with Crippen LogP contribution in [0, 0.1) is 5.92 Å². The molecular weight excluding hydrogens is 184 g/mol. The van der Waals surface area contributed by atoms with Crippen molar-refractivity contribution in [2.45, 2.75) is 39.5 Å². The highest BCUT2D eigenvalue weighted by atomic mass is 16.3. The topological polar surface area (TPSA) is 20.2 Å². The average Bonchev–Trinajstić information content (AvgIpc) is 2.18. The zero-order chi connectivity index (χ0) is 11.5. The zero-order valence-corrected chi connectivity index (χ0v) is 10.2. The maximum absolute atomic E-state index is 9.26. The molecule has 0 fully saturated rings. The molecule has 1 rings (SSSR count). The van der Waals surface area contributed by atoms with E-state index in [2.05, 4.69) is 52.0 Å². The van der Waals surface area contributed by atoms with E-state index in [0.717, 1.165) is 6.42 Å². The van der Waals surface area contributed by atoms with Crippen LogP contribution in [-0.2, 0) is 11.8 Å². The second kappa shape index (κ2) is 4.80. The van der Waals surface area contributed by atoms with Crippen LogP contribution < -0.4 is 0 Å². The lowest BCUT2D eigenvalue weighted by Crippen LogP contribution is -2.21. The van der Waals surface area contributed by atoms with E-state index in [0.29, 0.717) is 5.92 Å². The van der Waals surface area contributed by atoms with Crippen molar-refractivity contribution in [1.29, 1.82) is 0 Å². The van der Waals surface area contributed by atoms with Crippen LogP contribution in [0.3, 0.4) is 0 Å². The van der Waals surface area contributed by atoms with Gasteiger partial charge >= 0.3 is 0 Å². The van der Waals surface area contributed by atoms with E-state index in [1.54, 1.807) is 0 Å². The van der Waals surface area contributed by atoms with Crippen molar-refractivity contribution in [3.63, 3.8) is 0 Å². The summed E-state index contributed by atoms with van der Waals surface area (Å²) in [6, 6.07) is 8.61. The van der Waals surface area contributed by atoms with Gasteiger partial charge in [-0.05, 0) is 23.5 Å². The molecule has 0 unspecified atom stereocenters. The Bertz CT molecular complexity index is 296. The maximum atomic E-state index is 9.26. The van der Waals surface area contributed by atoms with Gasteiger partial charge in [0.15, 0.2) is 0 Å². The molecule has 84 valence electrons. The van der Waals surface area contributed by atoms with E-state index in [-0.39, 0.29) is 12.0 Å². The fourth-order valence-corrected chi connectivity index (χ4v) is 1.65. The monoisotopic (exact) mass is 206 g/mol. The summed E-state index contributed by atoms with van der Waals surface area (Å²) in [6.45, 7) is 8.77. The third-order valence-corrected chi connectivity index (χ3v) is 2.77. The molecule has 1 N–H and O–H groups in total. The van der Waals surface area contributed by atoms with E-state index < -0.39 is 0 Å². The molecule has 0 amide bonds. The Morgan fingerprint density at radius 3 is 2.07 bits per heavy atom. The van der Waals surface area contributed by atoms with Gasteiger partial charge in [-0.15, -0.1) is 0 Å². The van der Waals surface area contributed by atoms with Crippen LogP contribution in [0.15, 0.2) is 24.3 Å². The molecule has 1 heteroatoms. The average molecular weight is 206 g/mol. The largest absolute Gasteiger partial charge is 0.395 e. The summed E-state index contributed by atoms with van der Waals surface area (Å²) in [5, 5.41) is 9.26. The number of hydrogen-bond donors (Lipinski definition) is 1. The SMILES string of the molecule is CC(C)Cc1ccc(C(C)(C)CO)cc1. The molecule has 15 heavy (non-hydrogen) atoms. The van der Waals surface area contributed by atoms with Crippen LogP contribution in [0.25, 0.3) is 0 Å². The third-order valence-electron chi connectivity index (χ3n) is 2.77. The lowest BCUT2D eigenvalue weighted by molar-refractivity contribution is 0.218. The molecule has 0 radical (unpaired) electrons. The van der Waals surface area contributed by atoms with Crippen molar-refractivity contribution in [3.8, 4) is 0 Å².